The van der Waals surface area contributed by atoms with Crippen LogP contribution < -0.4 is 11.1 Å². The molecule has 35 heavy (non-hydrogen) atoms. The minimum absolute atomic E-state index is 0.0481. The zero-order valence-electron chi connectivity index (χ0n) is 19.2. The fraction of sp³-hybridized carbons (Fsp3) is 0.250. The van der Waals surface area contributed by atoms with Gasteiger partial charge < -0.3 is 16.0 Å². The quantitative estimate of drug-likeness (QED) is 0.552. The molecule has 178 valence electrons. The maximum Gasteiger partial charge on any atom is 0.243 e. The van der Waals surface area contributed by atoms with Crippen LogP contribution in [0.1, 0.15) is 41.0 Å². The van der Waals surface area contributed by atoms with Gasteiger partial charge in [-0.1, -0.05) is 66.7 Å². The average Bonchev–Trinajstić information content (AvgIpc) is 3.38. The monoisotopic (exact) mass is 470 g/mol. The minimum atomic E-state index is -0.860. The molecule has 0 bridgehead atoms. The van der Waals surface area contributed by atoms with Gasteiger partial charge in [0.25, 0.3) is 0 Å². The van der Waals surface area contributed by atoms with Gasteiger partial charge in [0.05, 0.1) is 11.6 Å². The second-order valence-corrected chi connectivity index (χ2v) is 8.66. The highest BCUT2D eigenvalue weighted by Crippen LogP contribution is 2.30. The molecule has 0 aromatic heterocycles. The van der Waals surface area contributed by atoms with Crippen LogP contribution in [0.5, 0.6) is 0 Å². The zero-order valence-corrected chi connectivity index (χ0v) is 19.2. The van der Waals surface area contributed by atoms with Crippen LogP contribution in [0.3, 0.4) is 0 Å². The van der Waals surface area contributed by atoms with Crippen molar-refractivity contribution in [2.45, 2.75) is 37.4 Å². The molecule has 1 aliphatic rings. The predicted octanol–water partition coefficient (Wildman–Crippen LogP) is 3.46. The van der Waals surface area contributed by atoms with Crippen molar-refractivity contribution in [2.75, 3.05) is 6.54 Å². The molecule has 0 spiro atoms. The van der Waals surface area contributed by atoms with Crippen molar-refractivity contribution in [1.29, 1.82) is 5.26 Å². The number of nitriles is 1. The Morgan fingerprint density at radius 2 is 1.69 bits per heavy atom. The number of nitrogens with zero attached hydrogens (tertiary/aromatic N) is 2. The van der Waals surface area contributed by atoms with Crippen LogP contribution in [-0.4, -0.2) is 35.3 Å². The summed E-state index contributed by atoms with van der Waals surface area (Å²) in [5.74, 6) is -1.56. The van der Waals surface area contributed by atoms with Crippen LogP contribution in [-0.2, 0) is 16.1 Å². The number of rotatable bonds is 7. The summed E-state index contributed by atoms with van der Waals surface area (Å²) >= 11 is 0. The number of halogens is 1. The lowest BCUT2D eigenvalue weighted by Gasteiger charge is -2.31. The van der Waals surface area contributed by atoms with E-state index in [2.05, 4.69) is 5.32 Å². The SMILES string of the molecule is N#Cc1ccc(CNC(=O)[C@@H]2CCCN2C(=O)[C@H](N)C(c2ccccc2)c2ccccc2)cc1F. The summed E-state index contributed by atoms with van der Waals surface area (Å²) in [6, 6.07) is 23.8. The topological polar surface area (TPSA) is 99.2 Å². The molecule has 3 aromatic rings. The molecule has 0 radical (unpaired) electrons. The van der Waals surface area contributed by atoms with Gasteiger partial charge in [-0.25, -0.2) is 4.39 Å². The molecule has 4 rings (SSSR count). The molecule has 1 saturated heterocycles. The third kappa shape index (κ3) is 5.39. The summed E-state index contributed by atoms with van der Waals surface area (Å²) in [5.41, 5.74) is 8.94. The number of amides is 2. The maximum atomic E-state index is 13.9. The molecule has 3 aromatic carbocycles. The van der Waals surface area contributed by atoms with E-state index in [1.54, 1.807) is 17.0 Å². The first kappa shape index (κ1) is 24.1. The van der Waals surface area contributed by atoms with Crippen LogP contribution in [0.2, 0.25) is 0 Å². The van der Waals surface area contributed by atoms with Crippen molar-refractivity contribution in [3.63, 3.8) is 0 Å². The summed E-state index contributed by atoms with van der Waals surface area (Å²) in [6.45, 7) is 0.551. The van der Waals surface area contributed by atoms with Crippen LogP contribution in [0, 0.1) is 17.1 Å². The third-order valence-electron chi connectivity index (χ3n) is 6.42. The number of nitrogens with one attached hydrogen (secondary N) is 1. The fourth-order valence-corrected chi connectivity index (χ4v) is 4.63. The first-order valence-electron chi connectivity index (χ1n) is 11.6. The number of carbonyl (C=O) groups is 2. The normalized spacial score (nSPS) is 16.1. The van der Waals surface area contributed by atoms with Gasteiger partial charge in [-0.3, -0.25) is 9.59 Å². The van der Waals surface area contributed by atoms with Gasteiger partial charge in [0, 0.05) is 19.0 Å². The van der Waals surface area contributed by atoms with E-state index in [-0.39, 0.29) is 29.8 Å². The molecule has 2 amide bonds. The number of benzene rings is 3. The minimum Gasteiger partial charge on any atom is -0.350 e. The van der Waals surface area contributed by atoms with Crippen molar-refractivity contribution in [3.8, 4) is 6.07 Å². The number of carbonyl (C=O) groups excluding carboxylic acids is 2. The van der Waals surface area contributed by atoms with E-state index in [1.165, 1.54) is 12.1 Å². The average molecular weight is 471 g/mol. The van der Waals surface area contributed by atoms with Gasteiger partial charge in [-0.2, -0.15) is 5.26 Å². The van der Waals surface area contributed by atoms with E-state index in [0.717, 1.165) is 11.1 Å². The highest BCUT2D eigenvalue weighted by atomic mass is 19.1. The molecule has 0 aliphatic carbocycles. The summed E-state index contributed by atoms with van der Waals surface area (Å²) in [4.78, 5) is 28.1. The van der Waals surface area contributed by atoms with Gasteiger partial charge in [0.1, 0.15) is 17.9 Å². The maximum absolute atomic E-state index is 13.9. The number of likely N-dealkylation sites (tertiary alicyclic amines) is 1. The summed E-state index contributed by atoms with van der Waals surface area (Å²) in [5, 5.41) is 11.7. The lowest BCUT2D eigenvalue weighted by atomic mass is 9.84. The summed E-state index contributed by atoms with van der Waals surface area (Å²) < 4.78 is 13.9. The highest BCUT2D eigenvalue weighted by molar-refractivity contribution is 5.91. The largest absolute Gasteiger partial charge is 0.350 e. The first-order valence-corrected chi connectivity index (χ1v) is 11.6. The Bertz CT molecular complexity index is 1190. The van der Waals surface area contributed by atoms with Gasteiger partial charge >= 0.3 is 0 Å². The van der Waals surface area contributed by atoms with Crippen LogP contribution in [0.4, 0.5) is 4.39 Å². The molecule has 6 nitrogen and oxygen atoms in total. The molecule has 1 aliphatic heterocycles. The molecular formula is C28H27FN4O2. The van der Waals surface area contributed by atoms with Crippen molar-refractivity contribution in [1.82, 2.24) is 10.2 Å². The van der Waals surface area contributed by atoms with Crippen molar-refractivity contribution in [3.05, 3.63) is 107 Å². The van der Waals surface area contributed by atoms with Crippen molar-refractivity contribution >= 4 is 11.8 Å². The second kappa shape index (κ2) is 10.9. The molecule has 1 fully saturated rings. The Kier molecular flexibility index (Phi) is 7.54. The Morgan fingerprint density at radius 3 is 2.26 bits per heavy atom. The molecule has 2 atom stereocenters. The van der Waals surface area contributed by atoms with E-state index < -0.39 is 17.9 Å². The summed E-state index contributed by atoms with van der Waals surface area (Å²) in [7, 11) is 0. The number of hydrogen-bond donors (Lipinski definition) is 2. The number of hydrogen-bond acceptors (Lipinski definition) is 4. The molecule has 1 heterocycles. The standard InChI is InChI=1S/C28H27FN4O2/c29-23-16-19(13-14-22(23)17-30)18-32-27(34)24-12-7-15-33(24)28(35)26(31)25(20-8-3-1-4-9-20)21-10-5-2-6-11-21/h1-6,8-11,13-14,16,24-26H,7,12,15,18,31H2,(H,32,34)/t24-,26+/m0/s1. The third-order valence-corrected chi connectivity index (χ3v) is 6.42. The summed E-state index contributed by atoms with van der Waals surface area (Å²) in [6.07, 6.45) is 1.23. The van der Waals surface area contributed by atoms with Crippen LogP contribution >= 0.6 is 0 Å². The lowest BCUT2D eigenvalue weighted by molar-refractivity contribution is -0.139. The highest BCUT2D eigenvalue weighted by Gasteiger charge is 2.39. The molecular weight excluding hydrogens is 443 g/mol. The lowest BCUT2D eigenvalue weighted by Crippen LogP contribution is -2.52. The molecule has 0 saturated carbocycles. The van der Waals surface area contributed by atoms with Crippen LogP contribution in [0.25, 0.3) is 0 Å². The molecule has 7 heteroatoms. The first-order chi connectivity index (χ1) is 17.0. The van der Waals surface area contributed by atoms with Gasteiger partial charge in [-0.05, 0) is 41.7 Å². The van der Waals surface area contributed by atoms with Crippen molar-refractivity contribution in [2.24, 2.45) is 5.73 Å². The van der Waals surface area contributed by atoms with E-state index >= 15 is 0 Å². The van der Waals surface area contributed by atoms with E-state index in [1.807, 2.05) is 60.7 Å². The Labute approximate surface area is 204 Å². The Hall–Kier alpha value is -4.02. The zero-order chi connectivity index (χ0) is 24.8. The van der Waals surface area contributed by atoms with E-state index in [4.69, 9.17) is 11.0 Å². The number of nitrogens with two attached hydrogens (primary N) is 1. The van der Waals surface area contributed by atoms with Gasteiger partial charge in [0.2, 0.25) is 11.8 Å². The van der Waals surface area contributed by atoms with Crippen LogP contribution in [0.15, 0.2) is 78.9 Å². The fourth-order valence-electron chi connectivity index (χ4n) is 4.63. The second-order valence-electron chi connectivity index (χ2n) is 8.66. The van der Waals surface area contributed by atoms with E-state index in [0.29, 0.717) is 24.9 Å². The Morgan fingerprint density at radius 1 is 1.06 bits per heavy atom. The predicted molar refractivity (Wildman–Crippen MR) is 130 cm³/mol. The van der Waals surface area contributed by atoms with Crippen molar-refractivity contribution < 1.29 is 14.0 Å². The smallest absolute Gasteiger partial charge is 0.243 e. The Balaban J connectivity index is 1.49. The molecule has 3 N–H and O–H groups in total. The van der Waals surface area contributed by atoms with Gasteiger partial charge in [-0.15, -0.1) is 0 Å². The molecule has 0 unspecified atom stereocenters. The van der Waals surface area contributed by atoms with Gasteiger partial charge in [0.15, 0.2) is 0 Å². The van der Waals surface area contributed by atoms with E-state index in [9.17, 15) is 14.0 Å².